The van der Waals surface area contributed by atoms with E-state index in [9.17, 15) is 0 Å². The Hall–Kier alpha value is -2.85. The van der Waals surface area contributed by atoms with Gasteiger partial charge < -0.3 is 0 Å². The van der Waals surface area contributed by atoms with Gasteiger partial charge in [0.15, 0.2) is 11.0 Å². The summed E-state index contributed by atoms with van der Waals surface area (Å²) >= 11 is 1.72. The quantitative estimate of drug-likeness (QED) is 0.386. The Morgan fingerprint density at radius 1 is 0.750 bits per heavy atom. The molecule has 0 saturated carbocycles. The number of nitrogens with zero attached hydrogens (tertiary/aromatic N) is 3. The van der Waals surface area contributed by atoms with Crippen LogP contribution in [0.3, 0.4) is 0 Å². The molecule has 3 nitrogen and oxygen atoms in total. The Labute approximate surface area is 170 Å². The van der Waals surface area contributed by atoms with Gasteiger partial charge in [-0.25, -0.2) is 0 Å². The maximum Gasteiger partial charge on any atom is 0.196 e. The first-order valence-electron chi connectivity index (χ1n) is 9.38. The minimum atomic E-state index is 0.861. The number of aryl methyl sites for hydroxylation is 3. The first-order chi connectivity index (χ1) is 13.6. The second kappa shape index (κ2) is 8.03. The molecule has 4 heteroatoms. The van der Waals surface area contributed by atoms with Gasteiger partial charge in [0.2, 0.25) is 0 Å². The van der Waals surface area contributed by atoms with Crippen LogP contribution in [0.2, 0.25) is 0 Å². The minimum absolute atomic E-state index is 0.861. The fraction of sp³-hybridized carbons (Fsp3) is 0.167. The van der Waals surface area contributed by atoms with Crippen LogP contribution < -0.4 is 0 Å². The van der Waals surface area contributed by atoms with E-state index in [1.165, 1.54) is 22.3 Å². The molecule has 0 unspecified atom stereocenters. The third kappa shape index (κ3) is 4.02. The smallest absolute Gasteiger partial charge is 0.196 e. The van der Waals surface area contributed by atoms with Crippen LogP contribution in [-0.4, -0.2) is 14.8 Å². The van der Waals surface area contributed by atoms with E-state index in [-0.39, 0.29) is 0 Å². The van der Waals surface area contributed by atoms with E-state index in [2.05, 4.69) is 108 Å². The van der Waals surface area contributed by atoms with Crippen LogP contribution in [0.4, 0.5) is 0 Å². The summed E-state index contributed by atoms with van der Waals surface area (Å²) in [6.45, 7) is 6.32. The number of rotatable bonds is 5. The van der Waals surface area contributed by atoms with Gasteiger partial charge in [-0.15, -0.1) is 10.2 Å². The highest BCUT2D eigenvalue weighted by Crippen LogP contribution is 2.30. The fourth-order valence-electron chi connectivity index (χ4n) is 3.13. The lowest BCUT2D eigenvalue weighted by molar-refractivity contribution is 0.885. The maximum atomic E-state index is 4.54. The molecule has 4 rings (SSSR count). The maximum absolute atomic E-state index is 4.54. The number of thioether (sulfide) groups is 1. The lowest BCUT2D eigenvalue weighted by Gasteiger charge is -2.11. The standard InChI is InChI=1S/C24H23N3S/c1-17-7-11-21(12-8-17)23-25-26-24(27(23)22-13-9-18(2)10-14-22)28-16-20-6-4-5-19(3)15-20/h4-15H,16H2,1-3H3. The van der Waals surface area contributed by atoms with Crippen molar-refractivity contribution in [1.82, 2.24) is 14.8 Å². The Kier molecular flexibility index (Phi) is 5.31. The van der Waals surface area contributed by atoms with Crippen molar-refractivity contribution >= 4 is 11.8 Å². The van der Waals surface area contributed by atoms with E-state index >= 15 is 0 Å². The van der Waals surface area contributed by atoms with Crippen molar-refractivity contribution in [2.75, 3.05) is 0 Å². The number of hydrogen-bond donors (Lipinski definition) is 0. The van der Waals surface area contributed by atoms with Crippen molar-refractivity contribution < 1.29 is 0 Å². The van der Waals surface area contributed by atoms with Gasteiger partial charge >= 0.3 is 0 Å². The third-order valence-corrected chi connectivity index (χ3v) is 5.69. The van der Waals surface area contributed by atoms with Crippen molar-refractivity contribution in [3.8, 4) is 17.1 Å². The molecule has 1 aromatic heterocycles. The van der Waals surface area contributed by atoms with E-state index in [1.807, 2.05) is 0 Å². The monoisotopic (exact) mass is 385 g/mol. The second-order valence-corrected chi connectivity index (χ2v) is 8.06. The molecule has 0 bridgehead atoms. The van der Waals surface area contributed by atoms with Gasteiger partial charge in [-0.3, -0.25) is 4.57 Å². The third-order valence-electron chi connectivity index (χ3n) is 4.69. The predicted molar refractivity (Wildman–Crippen MR) is 117 cm³/mol. The molecule has 28 heavy (non-hydrogen) atoms. The summed E-state index contributed by atoms with van der Waals surface area (Å²) in [7, 11) is 0. The zero-order valence-corrected chi connectivity index (χ0v) is 17.2. The SMILES string of the molecule is Cc1ccc(-c2nnc(SCc3cccc(C)c3)n2-c2ccc(C)cc2)cc1. The molecule has 0 N–H and O–H groups in total. The van der Waals surface area contributed by atoms with Crippen molar-refractivity contribution in [2.24, 2.45) is 0 Å². The molecule has 0 aliphatic heterocycles. The fourth-order valence-corrected chi connectivity index (χ4v) is 4.02. The van der Waals surface area contributed by atoms with Gasteiger partial charge in [0, 0.05) is 17.0 Å². The first-order valence-corrected chi connectivity index (χ1v) is 10.4. The zero-order chi connectivity index (χ0) is 19.5. The molecule has 0 fully saturated rings. The number of benzene rings is 3. The zero-order valence-electron chi connectivity index (χ0n) is 16.4. The first kappa shape index (κ1) is 18.5. The van der Waals surface area contributed by atoms with Crippen LogP contribution in [0, 0.1) is 20.8 Å². The molecule has 0 radical (unpaired) electrons. The molecule has 4 aromatic rings. The lowest BCUT2D eigenvalue weighted by atomic mass is 10.1. The topological polar surface area (TPSA) is 30.7 Å². The molecule has 0 atom stereocenters. The van der Waals surface area contributed by atoms with E-state index in [0.717, 1.165) is 28.0 Å². The molecular formula is C24H23N3S. The summed E-state index contributed by atoms with van der Waals surface area (Å²) < 4.78 is 2.16. The summed E-state index contributed by atoms with van der Waals surface area (Å²) in [6, 6.07) is 25.6. The summed E-state index contributed by atoms with van der Waals surface area (Å²) in [4.78, 5) is 0. The van der Waals surface area contributed by atoms with Crippen LogP contribution >= 0.6 is 11.8 Å². The average molecular weight is 386 g/mol. The summed E-state index contributed by atoms with van der Waals surface area (Å²) in [5.41, 5.74) is 7.19. The summed E-state index contributed by atoms with van der Waals surface area (Å²) in [5.74, 6) is 1.73. The van der Waals surface area contributed by atoms with Crippen LogP contribution in [0.15, 0.2) is 78.0 Å². The highest BCUT2D eigenvalue weighted by Gasteiger charge is 2.16. The molecule has 0 aliphatic carbocycles. The van der Waals surface area contributed by atoms with Gasteiger partial charge in [-0.2, -0.15) is 0 Å². The lowest BCUT2D eigenvalue weighted by Crippen LogP contribution is -2.00. The Balaban J connectivity index is 1.73. The summed E-state index contributed by atoms with van der Waals surface area (Å²) in [5, 5.41) is 9.97. The van der Waals surface area contributed by atoms with Crippen molar-refractivity contribution in [2.45, 2.75) is 31.7 Å². The van der Waals surface area contributed by atoms with E-state index in [0.29, 0.717) is 0 Å². The predicted octanol–water partition coefficient (Wildman–Crippen LogP) is 6.15. The Morgan fingerprint density at radius 3 is 2.11 bits per heavy atom. The Morgan fingerprint density at radius 2 is 1.43 bits per heavy atom. The minimum Gasteiger partial charge on any atom is -0.270 e. The molecule has 3 aromatic carbocycles. The van der Waals surface area contributed by atoms with Crippen molar-refractivity contribution in [3.05, 3.63) is 95.1 Å². The van der Waals surface area contributed by atoms with Crippen LogP contribution in [-0.2, 0) is 5.75 Å². The van der Waals surface area contributed by atoms with Gasteiger partial charge in [0.05, 0.1) is 0 Å². The van der Waals surface area contributed by atoms with Crippen molar-refractivity contribution in [1.29, 1.82) is 0 Å². The van der Waals surface area contributed by atoms with Gasteiger partial charge in [-0.05, 0) is 38.5 Å². The normalized spacial score (nSPS) is 11.0. The average Bonchev–Trinajstić information content (AvgIpc) is 3.11. The van der Waals surface area contributed by atoms with Gasteiger partial charge in [0.1, 0.15) is 0 Å². The second-order valence-electron chi connectivity index (χ2n) is 7.12. The van der Waals surface area contributed by atoms with Crippen molar-refractivity contribution in [3.63, 3.8) is 0 Å². The van der Waals surface area contributed by atoms with Gasteiger partial charge in [0.25, 0.3) is 0 Å². The number of hydrogen-bond acceptors (Lipinski definition) is 3. The van der Waals surface area contributed by atoms with Crippen LogP contribution in [0.25, 0.3) is 17.1 Å². The van der Waals surface area contributed by atoms with E-state index < -0.39 is 0 Å². The molecule has 0 spiro atoms. The number of aromatic nitrogens is 3. The van der Waals surface area contributed by atoms with E-state index in [1.54, 1.807) is 11.8 Å². The van der Waals surface area contributed by atoms with Crippen LogP contribution in [0.1, 0.15) is 22.3 Å². The highest BCUT2D eigenvalue weighted by atomic mass is 32.2. The van der Waals surface area contributed by atoms with Crippen LogP contribution in [0.5, 0.6) is 0 Å². The van der Waals surface area contributed by atoms with Gasteiger partial charge in [-0.1, -0.05) is 89.1 Å². The molecule has 140 valence electrons. The highest BCUT2D eigenvalue weighted by molar-refractivity contribution is 7.98. The van der Waals surface area contributed by atoms with E-state index in [4.69, 9.17) is 0 Å². The largest absolute Gasteiger partial charge is 0.270 e. The molecule has 0 amide bonds. The molecule has 0 aliphatic rings. The molecule has 0 saturated heterocycles. The Bertz CT molecular complexity index is 1080. The molecule has 1 heterocycles. The summed E-state index contributed by atoms with van der Waals surface area (Å²) in [6.07, 6.45) is 0. The molecular weight excluding hydrogens is 362 g/mol.